The fourth-order valence-corrected chi connectivity index (χ4v) is 6.95. The van der Waals surface area contributed by atoms with Gasteiger partial charge in [0, 0.05) is 45.1 Å². The first-order valence-corrected chi connectivity index (χ1v) is 13.1. The fraction of sp³-hybridized carbons (Fsp3) is 0.542. The lowest BCUT2D eigenvalue weighted by molar-refractivity contribution is -0.133. The summed E-state index contributed by atoms with van der Waals surface area (Å²) in [5.74, 6) is 0.0979. The van der Waals surface area contributed by atoms with Crippen molar-refractivity contribution in [1.82, 2.24) is 18.7 Å². The summed E-state index contributed by atoms with van der Waals surface area (Å²) in [5.41, 5.74) is 3.69. The summed E-state index contributed by atoms with van der Waals surface area (Å²) in [6.07, 6.45) is 7.31. The molecule has 0 N–H and O–H groups in total. The van der Waals surface area contributed by atoms with E-state index in [2.05, 4.69) is 15.5 Å². The largest absolute Gasteiger partial charge is 0.353 e. The van der Waals surface area contributed by atoms with Crippen molar-refractivity contribution in [2.45, 2.75) is 43.0 Å². The zero-order valence-corrected chi connectivity index (χ0v) is 19.6. The predicted molar refractivity (Wildman–Crippen MR) is 123 cm³/mol. The molecule has 0 spiro atoms. The Morgan fingerprint density at radius 2 is 1.78 bits per heavy atom. The highest BCUT2D eigenvalue weighted by Crippen LogP contribution is 2.32. The summed E-state index contributed by atoms with van der Waals surface area (Å²) in [6, 6.07) is 10.0. The quantitative estimate of drug-likeness (QED) is 0.692. The monoisotopic (exact) mass is 456 g/mol. The molecule has 1 aromatic carbocycles. The Labute approximate surface area is 190 Å². The van der Waals surface area contributed by atoms with Gasteiger partial charge in [-0.25, -0.2) is 8.42 Å². The number of piperazine rings is 1. The number of likely N-dealkylation sites (tertiary alicyclic amines) is 1. The Morgan fingerprint density at radius 3 is 2.53 bits per heavy atom. The van der Waals surface area contributed by atoms with Crippen LogP contribution in [0.3, 0.4) is 0 Å². The van der Waals surface area contributed by atoms with Crippen LogP contribution >= 0.6 is 0 Å². The third-order valence-corrected chi connectivity index (χ3v) is 9.22. The average Bonchev–Trinajstić information content (AvgIpc) is 3.54. The topological polar surface area (TPSA) is 65.9 Å². The molecule has 8 heteroatoms. The van der Waals surface area contributed by atoms with Crippen molar-refractivity contribution in [2.24, 2.45) is 7.05 Å². The van der Waals surface area contributed by atoms with Crippen LogP contribution < -0.4 is 0 Å². The van der Waals surface area contributed by atoms with E-state index in [1.54, 1.807) is 6.07 Å². The van der Waals surface area contributed by atoms with Gasteiger partial charge in [-0.15, -0.1) is 0 Å². The van der Waals surface area contributed by atoms with E-state index in [9.17, 15) is 13.2 Å². The second-order valence-electron chi connectivity index (χ2n) is 9.24. The number of nitrogens with zero attached hydrogens (tertiary/aromatic N) is 4. The number of fused-ring (bicyclic) bond motifs is 1. The van der Waals surface area contributed by atoms with Gasteiger partial charge < -0.3 is 9.47 Å². The number of benzene rings is 1. The number of amides is 1. The maximum Gasteiger partial charge on any atom is 0.243 e. The Hall–Kier alpha value is -2.16. The minimum absolute atomic E-state index is 0.0979. The number of aromatic nitrogens is 1. The van der Waals surface area contributed by atoms with Gasteiger partial charge >= 0.3 is 0 Å². The third-order valence-electron chi connectivity index (χ3n) is 7.33. The van der Waals surface area contributed by atoms with Crippen LogP contribution in [0, 0.1) is 0 Å². The van der Waals surface area contributed by atoms with Crippen LogP contribution in [0.4, 0.5) is 0 Å². The minimum Gasteiger partial charge on any atom is -0.353 e. The van der Waals surface area contributed by atoms with E-state index in [0.717, 1.165) is 38.6 Å². The van der Waals surface area contributed by atoms with Gasteiger partial charge in [-0.2, -0.15) is 4.31 Å². The number of rotatable bonds is 5. The van der Waals surface area contributed by atoms with Crippen molar-refractivity contribution >= 4 is 15.9 Å². The lowest BCUT2D eigenvalue weighted by atomic mass is 10.1. The van der Waals surface area contributed by atoms with E-state index >= 15 is 0 Å². The molecule has 172 valence electrons. The van der Waals surface area contributed by atoms with Gasteiger partial charge in [0.2, 0.25) is 15.9 Å². The molecule has 7 nitrogen and oxygen atoms in total. The molecule has 0 radical (unpaired) electrons. The molecule has 3 heterocycles. The normalized spacial score (nSPS) is 22.4. The number of hydrogen-bond donors (Lipinski definition) is 0. The first-order valence-electron chi connectivity index (χ1n) is 11.7. The molecule has 1 aromatic heterocycles. The predicted octanol–water partition coefficient (Wildman–Crippen LogP) is 2.18. The first kappa shape index (κ1) is 21.7. The van der Waals surface area contributed by atoms with Crippen molar-refractivity contribution in [3.05, 3.63) is 53.3 Å². The van der Waals surface area contributed by atoms with Gasteiger partial charge in [0.25, 0.3) is 0 Å². The highest BCUT2D eigenvalue weighted by atomic mass is 32.2. The van der Waals surface area contributed by atoms with Gasteiger partial charge in [0.1, 0.15) is 0 Å². The lowest BCUT2D eigenvalue weighted by Crippen LogP contribution is -2.52. The molecule has 5 rings (SSSR count). The molecule has 2 fully saturated rings. The summed E-state index contributed by atoms with van der Waals surface area (Å²) in [4.78, 5) is 17.5. The molecule has 2 saturated heterocycles. The Bertz CT molecular complexity index is 1100. The number of hydrogen-bond acceptors (Lipinski definition) is 4. The fourth-order valence-electron chi connectivity index (χ4n) is 5.48. The Balaban J connectivity index is 1.20. The molecular formula is C24H32N4O3S. The highest BCUT2D eigenvalue weighted by Gasteiger charge is 2.33. The van der Waals surface area contributed by atoms with E-state index in [4.69, 9.17) is 0 Å². The standard InChI is InChI=1S/C24H32N4O3S/c1-25-11-3-7-22(25)23-8-4-12-27(23)18-24(29)26-13-15-28(16-14-26)32(30,31)21-10-9-19-5-2-6-20(19)17-21/h3,7,9-11,17,23H,2,4-6,8,12-16,18H2,1H3/t23-/m1/s1. The second-order valence-corrected chi connectivity index (χ2v) is 11.2. The number of carbonyl (C=O) groups excluding carboxylic acids is 1. The van der Waals surface area contributed by atoms with E-state index < -0.39 is 10.0 Å². The van der Waals surface area contributed by atoms with Gasteiger partial charge in [-0.1, -0.05) is 6.07 Å². The van der Waals surface area contributed by atoms with Crippen LogP contribution in [0.5, 0.6) is 0 Å². The van der Waals surface area contributed by atoms with Crippen molar-refractivity contribution in [3.63, 3.8) is 0 Å². The number of sulfonamides is 1. The number of aryl methyl sites for hydroxylation is 3. The Kier molecular flexibility index (Phi) is 5.86. The maximum absolute atomic E-state index is 13.2. The zero-order valence-electron chi connectivity index (χ0n) is 18.7. The van der Waals surface area contributed by atoms with Crippen molar-refractivity contribution in [1.29, 1.82) is 0 Å². The van der Waals surface area contributed by atoms with Gasteiger partial charge in [0.05, 0.1) is 17.5 Å². The molecule has 2 aliphatic heterocycles. The molecule has 0 saturated carbocycles. The maximum atomic E-state index is 13.2. The summed E-state index contributed by atoms with van der Waals surface area (Å²) >= 11 is 0. The van der Waals surface area contributed by atoms with Crippen molar-refractivity contribution < 1.29 is 13.2 Å². The van der Waals surface area contributed by atoms with E-state index in [1.165, 1.54) is 21.1 Å². The smallest absolute Gasteiger partial charge is 0.243 e. The van der Waals surface area contributed by atoms with Crippen molar-refractivity contribution in [3.8, 4) is 0 Å². The van der Waals surface area contributed by atoms with E-state index in [-0.39, 0.29) is 11.9 Å². The second kappa shape index (κ2) is 8.65. The summed E-state index contributed by atoms with van der Waals surface area (Å²) < 4.78 is 30.0. The molecule has 0 unspecified atom stereocenters. The van der Waals surface area contributed by atoms with Crippen LogP contribution in [0.15, 0.2) is 41.4 Å². The molecule has 3 aliphatic rings. The SMILES string of the molecule is Cn1cccc1[C@H]1CCCN1CC(=O)N1CCN(S(=O)(=O)c2ccc3c(c2)CCC3)CC1. The summed E-state index contributed by atoms with van der Waals surface area (Å²) in [5, 5.41) is 0. The highest BCUT2D eigenvalue weighted by molar-refractivity contribution is 7.89. The summed E-state index contributed by atoms with van der Waals surface area (Å²) in [6.45, 7) is 2.93. The molecule has 2 aromatic rings. The van der Waals surface area contributed by atoms with E-state index in [0.29, 0.717) is 37.6 Å². The first-order chi connectivity index (χ1) is 15.4. The van der Waals surface area contributed by atoms with Crippen LogP contribution in [0.1, 0.15) is 42.1 Å². The van der Waals surface area contributed by atoms with Gasteiger partial charge in [-0.3, -0.25) is 9.69 Å². The molecule has 0 bridgehead atoms. The van der Waals surface area contributed by atoms with Gasteiger partial charge in [0.15, 0.2) is 0 Å². The number of carbonyl (C=O) groups is 1. The lowest BCUT2D eigenvalue weighted by Gasteiger charge is -2.35. The average molecular weight is 457 g/mol. The van der Waals surface area contributed by atoms with Crippen LogP contribution in [0.2, 0.25) is 0 Å². The third kappa shape index (κ3) is 4.00. The molecule has 1 amide bonds. The minimum atomic E-state index is -3.52. The van der Waals surface area contributed by atoms with E-state index in [1.807, 2.05) is 36.3 Å². The summed E-state index contributed by atoms with van der Waals surface area (Å²) in [7, 11) is -1.47. The molecule has 1 atom stereocenters. The van der Waals surface area contributed by atoms with Crippen LogP contribution in [-0.4, -0.2) is 72.3 Å². The van der Waals surface area contributed by atoms with Crippen LogP contribution in [0.25, 0.3) is 0 Å². The van der Waals surface area contributed by atoms with Gasteiger partial charge in [-0.05, 0) is 74.0 Å². The van der Waals surface area contributed by atoms with Crippen LogP contribution in [-0.2, 0) is 34.7 Å². The molecule has 32 heavy (non-hydrogen) atoms. The molecular weight excluding hydrogens is 424 g/mol. The van der Waals surface area contributed by atoms with Crippen molar-refractivity contribution in [2.75, 3.05) is 39.3 Å². The zero-order chi connectivity index (χ0) is 22.3. The molecule has 1 aliphatic carbocycles. The Morgan fingerprint density at radius 1 is 1.00 bits per heavy atom.